The van der Waals surface area contributed by atoms with Crippen molar-refractivity contribution in [1.82, 2.24) is 14.8 Å². The van der Waals surface area contributed by atoms with Gasteiger partial charge in [-0.05, 0) is 54.8 Å². The number of carbonyl (C=O) groups excluding carboxylic acids is 1. The van der Waals surface area contributed by atoms with E-state index in [0.29, 0.717) is 18.3 Å². The number of aromatic nitrogens is 3. The Morgan fingerprint density at radius 1 is 1.00 bits per heavy atom. The van der Waals surface area contributed by atoms with E-state index in [1.165, 1.54) is 11.8 Å². The lowest BCUT2D eigenvalue weighted by atomic mass is 10.2. The van der Waals surface area contributed by atoms with Crippen LogP contribution in [0.15, 0.2) is 82.6 Å². The molecule has 5 rings (SSSR count). The summed E-state index contributed by atoms with van der Waals surface area (Å²) in [5.41, 5.74) is 1.83. The average molecular weight is 490 g/mol. The molecule has 4 aromatic rings. The summed E-state index contributed by atoms with van der Waals surface area (Å²) < 4.78 is 13.4. The van der Waals surface area contributed by atoms with Crippen LogP contribution in [0.1, 0.15) is 24.2 Å². The van der Waals surface area contributed by atoms with Gasteiger partial charge in [0.25, 0.3) is 0 Å². The molecule has 0 radical (unpaired) electrons. The second-order valence-corrected chi connectivity index (χ2v) is 9.22. The first-order chi connectivity index (χ1) is 17.2. The normalized spacial score (nSPS) is 13.2. The maximum absolute atomic E-state index is 12.6. The molecule has 0 saturated carbocycles. The van der Waals surface area contributed by atoms with E-state index in [0.717, 1.165) is 54.6 Å². The molecule has 2 aromatic heterocycles. The van der Waals surface area contributed by atoms with E-state index in [9.17, 15) is 4.79 Å². The predicted molar refractivity (Wildman–Crippen MR) is 136 cm³/mol. The SMILES string of the molecule is O=C(CSc1nnc(N2CCCC2)n1Cc1ccco1)Nc1ccc(OCc2ccccc2)cc1. The van der Waals surface area contributed by atoms with Crippen molar-refractivity contribution in [3.05, 3.63) is 84.3 Å². The topological polar surface area (TPSA) is 85.4 Å². The molecule has 1 amide bonds. The number of anilines is 2. The van der Waals surface area contributed by atoms with Crippen molar-refractivity contribution in [2.75, 3.05) is 29.1 Å². The number of rotatable bonds is 10. The van der Waals surface area contributed by atoms with E-state index in [4.69, 9.17) is 9.15 Å². The number of amides is 1. The number of thioether (sulfide) groups is 1. The van der Waals surface area contributed by atoms with Gasteiger partial charge in [-0.3, -0.25) is 9.36 Å². The van der Waals surface area contributed by atoms with Crippen LogP contribution in [0.4, 0.5) is 11.6 Å². The molecule has 0 spiro atoms. The first-order valence-electron chi connectivity index (χ1n) is 11.6. The smallest absolute Gasteiger partial charge is 0.234 e. The molecular weight excluding hydrogens is 462 g/mol. The quantitative estimate of drug-likeness (QED) is 0.319. The number of nitrogens with one attached hydrogen (secondary N) is 1. The van der Waals surface area contributed by atoms with Crippen LogP contribution in [0.2, 0.25) is 0 Å². The van der Waals surface area contributed by atoms with Gasteiger partial charge in [-0.25, -0.2) is 0 Å². The first kappa shape index (κ1) is 23.0. The molecule has 1 saturated heterocycles. The second kappa shape index (κ2) is 11.1. The molecule has 35 heavy (non-hydrogen) atoms. The van der Waals surface area contributed by atoms with Gasteiger partial charge < -0.3 is 19.4 Å². The molecule has 1 fully saturated rings. The van der Waals surface area contributed by atoms with Crippen molar-refractivity contribution in [2.45, 2.75) is 31.1 Å². The number of hydrogen-bond acceptors (Lipinski definition) is 7. The van der Waals surface area contributed by atoms with Gasteiger partial charge in [-0.1, -0.05) is 42.1 Å². The molecule has 8 nitrogen and oxygen atoms in total. The highest BCUT2D eigenvalue weighted by Gasteiger charge is 2.22. The average Bonchev–Trinajstić information content (AvgIpc) is 3.66. The maximum atomic E-state index is 12.6. The molecule has 1 aliphatic rings. The molecule has 0 aliphatic carbocycles. The molecule has 1 aliphatic heterocycles. The van der Waals surface area contributed by atoms with Crippen LogP contribution in [0.3, 0.4) is 0 Å². The van der Waals surface area contributed by atoms with Gasteiger partial charge in [-0.15, -0.1) is 10.2 Å². The van der Waals surface area contributed by atoms with Gasteiger partial charge >= 0.3 is 0 Å². The highest BCUT2D eigenvalue weighted by Crippen LogP contribution is 2.26. The van der Waals surface area contributed by atoms with Crippen molar-refractivity contribution in [3.63, 3.8) is 0 Å². The molecule has 0 bridgehead atoms. The lowest BCUT2D eigenvalue weighted by Gasteiger charge is -2.17. The number of furan rings is 1. The molecular formula is C26H27N5O3S. The number of benzene rings is 2. The van der Waals surface area contributed by atoms with Crippen LogP contribution in [-0.2, 0) is 17.9 Å². The fraction of sp³-hybridized carbons (Fsp3) is 0.269. The van der Waals surface area contributed by atoms with Crippen LogP contribution < -0.4 is 15.0 Å². The Bertz CT molecular complexity index is 1220. The Labute approximate surface area is 208 Å². The standard InChI is InChI=1S/C26H27N5O3S/c32-24(27-21-10-12-22(13-11-21)34-18-20-7-2-1-3-8-20)19-35-26-29-28-25(30-14-4-5-15-30)31(26)17-23-9-6-16-33-23/h1-3,6-13,16H,4-5,14-15,17-19H2,(H,27,32). The Balaban J connectivity index is 1.17. The van der Waals surface area contributed by atoms with Crippen molar-refractivity contribution in [2.24, 2.45) is 0 Å². The Kier molecular flexibility index (Phi) is 7.33. The molecule has 180 valence electrons. The largest absolute Gasteiger partial charge is 0.489 e. The Morgan fingerprint density at radius 2 is 1.80 bits per heavy atom. The third-order valence-corrected chi connectivity index (χ3v) is 6.67. The van der Waals surface area contributed by atoms with E-state index in [2.05, 4.69) is 20.4 Å². The first-order valence-corrected chi connectivity index (χ1v) is 12.6. The van der Waals surface area contributed by atoms with Gasteiger partial charge in [0.05, 0.1) is 18.6 Å². The van der Waals surface area contributed by atoms with Crippen molar-refractivity contribution >= 4 is 29.3 Å². The van der Waals surface area contributed by atoms with Gasteiger partial charge in [0, 0.05) is 18.8 Å². The monoisotopic (exact) mass is 489 g/mol. The minimum Gasteiger partial charge on any atom is -0.489 e. The minimum absolute atomic E-state index is 0.108. The Morgan fingerprint density at radius 3 is 2.54 bits per heavy atom. The fourth-order valence-electron chi connectivity index (χ4n) is 3.94. The highest BCUT2D eigenvalue weighted by molar-refractivity contribution is 7.99. The zero-order chi connectivity index (χ0) is 23.9. The molecule has 3 heterocycles. The summed E-state index contributed by atoms with van der Waals surface area (Å²) in [6, 6.07) is 21.2. The summed E-state index contributed by atoms with van der Waals surface area (Å²) in [6.45, 7) is 2.96. The number of ether oxygens (including phenoxy) is 1. The van der Waals surface area contributed by atoms with Crippen LogP contribution in [0.25, 0.3) is 0 Å². The van der Waals surface area contributed by atoms with Crippen LogP contribution in [0.5, 0.6) is 5.75 Å². The summed E-state index contributed by atoms with van der Waals surface area (Å²) in [7, 11) is 0. The van der Waals surface area contributed by atoms with Crippen molar-refractivity contribution < 1.29 is 13.9 Å². The fourth-order valence-corrected chi connectivity index (χ4v) is 4.67. The van der Waals surface area contributed by atoms with Crippen LogP contribution >= 0.6 is 11.8 Å². The zero-order valence-electron chi connectivity index (χ0n) is 19.3. The van der Waals surface area contributed by atoms with Gasteiger partial charge in [-0.2, -0.15) is 0 Å². The van der Waals surface area contributed by atoms with E-state index < -0.39 is 0 Å². The van der Waals surface area contributed by atoms with Crippen molar-refractivity contribution in [3.8, 4) is 5.75 Å². The molecule has 9 heteroatoms. The van der Waals surface area contributed by atoms with Gasteiger partial charge in [0.1, 0.15) is 18.1 Å². The number of hydrogen-bond donors (Lipinski definition) is 1. The summed E-state index contributed by atoms with van der Waals surface area (Å²) in [5, 5.41) is 12.4. The molecule has 0 atom stereocenters. The lowest BCUT2D eigenvalue weighted by molar-refractivity contribution is -0.113. The Hall–Kier alpha value is -3.72. The third kappa shape index (κ3) is 6.05. The van der Waals surface area contributed by atoms with Crippen LogP contribution in [0, 0.1) is 0 Å². The highest BCUT2D eigenvalue weighted by atomic mass is 32.2. The maximum Gasteiger partial charge on any atom is 0.234 e. The molecule has 1 N–H and O–H groups in total. The second-order valence-electron chi connectivity index (χ2n) is 8.28. The van der Waals surface area contributed by atoms with Gasteiger partial charge in [0.2, 0.25) is 11.9 Å². The number of carbonyl (C=O) groups is 1. The lowest BCUT2D eigenvalue weighted by Crippen LogP contribution is -2.22. The van der Waals surface area contributed by atoms with E-state index in [1.807, 2.05) is 71.3 Å². The van der Waals surface area contributed by atoms with E-state index >= 15 is 0 Å². The third-order valence-electron chi connectivity index (χ3n) is 5.70. The zero-order valence-corrected chi connectivity index (χ0v) is 20.1. The van der Waals surface area contributed by atoms with Crippen LogP contribution in [-0.4, -0.2) is 39.5 Å². The summed E-state index contributed by atoms with van der Waals surface area (Å²) in [5.74, 6) is 2.52. The van der Waals surface area contributed by atoms with Gasteiger partial charge in [0.15, 0.2) is 5.16 Å². The van der Waals surface area contributed by atoms with E-state index in [-0.39, 0.29) is 11.7 Å². The molecule has 0 unspecified atom stereocenters. The summed E-state index contributed by atoms with van der Waals surface area (Å²) in [4.78, 5) is 14.9. The van der Waals surface area contributed by atoms with E-state index in [1.54, 1.807) is 6.26 Å². The minimum atomic E-state index is -0.108. The molecule has 2 aromatic carbocycles. The predicted octanol–water partition coefficient (Wildman–Crippen LogP) is 4.83. The summed E-state index contributed by atoms with van der Waals surface area (Å²) >= 11 is 1.37. The number of nitrogens with zero attached hydrogens (tertiary/aromatic N) is 4. The van der Waals surface area contributed by atoms with Crippen molar-refractivity contribution in [1.29, 1.82) is 0 Å². The summed E-state index contributed by atoms with van der Waals surface area (Å²) in [6.07, 6.45) is 3.95.